The maximum absolute atomic E-state index is 5.94. The molecule has 0 aliphatic rings. The lowest BCUT2D eigenvalue weighted by atomic mass is 10.2. The molecule has 3 heterocycles. The fourth-order valence-corrected chi connectivity index (χ4v) is 3.03. The first-order valence-electron chi connectivity index (χ1n) is 5.64. The highest BCUT2D eigenvalue weighted by atomic mass is 32.1. The highest BCUT2D eigenvalue weighted by molar-refractivity contribution is 7.11. The summed E-state index contributed by atoms with van der Waals surface area (Å²) in [5.74, 6) is 0.516. The van der Waals surface area contributed by atoms with E-state index in [1.807, 2.05) is 18.4 Å². The Bertz CT molecular complexity index is 669. The minimum atomic E-state index is 0.516. The maximum Gasteiger partial charge on any atom is 0.148 e. The van der Waals surface area contributed by atoms with E-state index in [1.54, 1.807) is 17.5 Å². The Hall–Kier alpha value is -1.93. The van der Waals surface area contributed by atoms with Gasteiger partial charge in [0.05, 0.1) is 28.5 Å². The summed E-state index contributed by atoms with van der Waals surface area (Å²) < 4.78 is 4.20. The number of thiazole rings is 1. The zero-order valence-electron chi connectivity index (χ0n) is 10.2. The number of anilines is 2. The summed E-state index contributed by atoms with van der Waals surface area (Å²) in [5.41, 5.74) is 8.70. The van der Waals surface area contributed by atoms with E-state index in [9.17, 15) is 0 Å². The van der Waals surface area contributed by atoms with Crippen LogP contribution in [0.3, 0.4) is 0 Å². The summed E-state index contributed by atoms with van der Waals surface area (Å²) in [6.07, 6.45) is 1.72. The van der Waals surface area contributed by atoms with Crippen molar-refractivity contribution in [2.24, 2.45) is 0 Å². The molecule has 3 aromatic rings. The van der Waals surface area contributed by atoms with Crippen LogP contribution in [0.5, 0.6) is 0 Å². The van der Waals surface area contributed by atoms with Gasteiger partial charge in [-0.05, 0) is 24.5 Å². The van der Waals surface area contributed by atoms with Crippen LogP contribution < -0.4 is 11.1 Å². The standard InChI is InChI=1S/C11H12N6S2/c1-6-15-8(5-18-6)9-10(12)17-19-11(9)13-4-7-2-3-14-16-7/h2-3,5,13H,4H2,1H3,(H2,12,17)(H,14,16). The maximum atomic E-state index is 5.94. The number of aromatic amines is 1. The van der Waals surface area contributed by atoms with Crippen molar-refractivity contribution in [1.82, 2.24) is 19.6 Å². The van der Waals surface area contributed by atoms with E-state index in [0.717, 1.165) is 27.0 Å². The van der Waals surface area contributed by atoms with Crippen molar-refractivity contribution in [2.75, 3.05) is 11.1 Å². The zero-order valence-corrected chi connectivity index (χ0v) is 11.8. The molecule has 6 nitrogen and oxygen atoms in total. The number of nitrogens with one attached hydrogen (secondary N) is 2. The molecule has 19 heavy (non-hydrogen) atoms. The molecule has 0 aliphatic heterocycles. The van der Waals surface area contributed by atoms with Gasteiger partial charge in [0.1, 0.15) is 10.8 Å². The number of aryl methyl sites for hydroxylation is 1. The molecule has 3 aromatic heterocycles. The van der Waals surface area contributed by atoms with E-state index in [2.05, 4.69) is 24.9 Å². The predicted octanol–water partition coefficient (Wildman–Crippen LogP) is 2.49. The molecule has 0 atom stereocenters. The van der Waals surface area contributed by atoms with Gasteiger partial charge >= 0.3 is 0 Å². The number of hydrogen-bond acceptors (Lipinski definition) is 7. The van der Waals surface area contributed by atoms with E-state index in [1.165, 1.54) is 11.5 Å². The van der Waals surface area contributed by atoms with Crippen molar-refractivity contribution in [3.05, 3.63) is 28.3 Å². The second-order valence-corrected chi connectivity index (χ2v) is 5.79. The Kier molecular flexibility index (Phi) is 3.18. The van der Waals surface area contributed by atoms with Crippen LogP contribution in [0.1, 0.15) is 10.7 Å². The lowest BCUT2D eigenvalue weighted by Gasteiger charge is -2.03. The molecule has 0 fully saturated rings. The van der Waals surface area contributed by atoms with Gasteiger partial charge in [0.25, 0.3) is 0 Å². The van der Waals surface area contributed by atoms with Gasteiger partial charge in [0, 0.05) is 11.6 Å². The van der Waals surface area contributed by atoms with Crippen molar-refractivity contribution in [3.63, 3.8) is 0 Å². The molecule has 0 radical (unpaired) electrons. The lowest BCUT2D eigenvalue weighted by Crippen LogP contribution is -2.00. The third-order valence-corrected chi connectivity index (χ3v) is 4.18. The molecule has 0 amide bonds. The Labute approximate surface area is 117 Å². The molecule has 0 spiro atoms. The van der Waals surface area contributed by atoms with Crippen LogP contribution in [0.15, 0.2) is 17.6 Å². The first kappa shape index (κ1) is 12.1. The van der Waals surface area contributed by atoms with E-state index in [-0.39, 0.29) is 0 Å². The van der Waals surface area contributed by atoms with Gasteiger partial charge < -0.3 is 11.1 Å². The summed E-state index contributed by atoms with van der Waals surface area (Å²) in [6.45, 7) is 2.62. The van der Waals surface area contributed by atoms with Crippen LogP contribution in [-0.2, 0) is 6.54 Å². The number of nitrogens with two attached hydrogens (primary N) is 1. The summed E-state index contributed by atoms with van der Waals surface area (Å²) in [4.78, 5) is 4.46. The van der Waals surface area contributed by atoms with Crippen molar-refractivity contribution in [1.29, 1.82) is 0 Å². The van der Waals surface area contributed by atoms with Crippen LogP contribution in [0.25, 0.3) is 11.3 Å². The van der Waals surface area contributed by atoms with Gasteiger partial charge in [-0.1, -0.05) is 0 Å². The van der Waals surface area contributed by atoms with Crippen LogP contribution in [-0.4, -0.2) is 19.6 Å². The van der Waals surface area contributed by atoms with Crippen LogP contribution in [0, 0.1) is 6.92 Å². The number of aromatic nitrogens is 4. The van der Waals surface area contributed by atoms with Crippen molar-refractivity contribution < 1.29 is 0 Å². The van der Waals surface area contributed by atoms with Gasteiger partial charge in [-0.25, -0.2) is 4.98 Å². The first-order valence-corrected chi connectivity index (χ1v) is 7.29. The second-order valence-electron chi connectivity index (χ2n) is 3.96. The first-order chi connectivity index (χ1) is 9.24. The summed E-state index contributed by atoms with van der Waals surface area (Å²) in [6, 6.07) is 1.92. The quantitative estimate of drug-likeness (QED) is 0.687. The average molecular weight is 292 g/mol. The molecule has 0 aromatic carbocycles. The molecule has 3 rings (SSSR count). The molecule has 8 heteroatoms. The molecule has 0 saturated carbocycles. The Morgan fingerprint density at radius 3 is 3.05 bits per heavy atom. The number of hydrogen-bond donors (Lipinski definition) is 3. The minimum Gasteiger partial charge on any atom is -0.382 e. The summed E-state index contributed by atoms with van der Waals surface area (Å²) in [7, 11) is 0. The molecule has 4 N–H and O–H groups in total. The largest absolute Gasteiger partial charge is 0.382 e. The topological polar surface area (TPSA) is 92.5 Å². The summed E-state index contributed by atoms with van der Waals surface area (Å²) >= 11 is 2.95. The second kappa shape index (κ2) is 4.98. The van der Waals surface area contributed by atoms with Crippen LogP contribution >= 0.6 is 22.9 Å². The molecule has 0 aliphatic carbocycles. The zero-order chi connectivity index (χ0) is 13.2. The number of nitrogen functional groups attached to an aromatic ring is 1. The Morgan fingerprint density at radius 2 is 2.37 bits per heavy atom. The third kappa shape index (κ3) is 2.45. The van der Waals surface area contributed by atoms with Gasteiger partial charge in [-0.3, -0.25) is 5.10 Å². The molecule has 0 saturated heterocycles. The van der Waals surface area contributed by atoms with E-state index < -0.39 is 0 Å². The van der Waals surface area contributed by atoms with Crippen LogP contribution in [0.2, 0.25) is 0 Å². The van der Waals surface area contributed by atoms with Gasteiger partial charge in [0.15, 0.2) is 0 Å². The molecular formula is C11H12N6S2. The van der Waals surface area contributed by atoms with Gasteiger partial charge in [0.2, 0.25) is 0 Å². The SMILES string of the molecule is Cc1nc(-c2c(N)nsc2NCc2ccn[nH]2)cs1. The predicted molar refractivity (Wildman–Crippen MR) is 78.3 cm³/mol. The van der Waals surface area contributed by atoms with E-state index in [4.69, 9.17) is 5.73 Å². The molecule has 0 unspecified atom stereocenters. The fourth-order valence-electron chi connectivity index (χ4n) is 1.71. The van der Waals surface area contributed by atoms with Crippen molar-refractivity contribution >= 4 is 33.7 Å². The Morgan fingerprint density at radius 1 is 1.47 bits per heavy atom. The lowest BCUT2D eigenvalue weighted by molar-refractivity contribution is 0.984. The molecule has 0 bridgehead atoms. The van der Waals surface area contributed by atoms with E-state index in [0.29, 0.717) is 12.4 Å². The van der Waals surface area contributed by atoms with Gasteiger partial charge in [-0.2, -0.15) is 9.47 Å². The molecular weight excluding hydrogens is 280 g/mol. The van der Waals surface area contributed by atoms with Crippen LogP contribution in [0.4, 0.5) is 10.8 Å². The smallest absolute Gasteiger partial charge is 0.148 e. The number of H-pyrrole nitrogens is 1. The number of nitrogens with zero attached hydrogens (tertiary/aromatic N) is 3. The normalized spacial score (nSPS) is 10.8. The Balaban J connectivity index is 1.86. The van der Waals surface area contributed by atoms with Crippen molar-refractivity contribution in [3.8, 4) is 11.3 Å². The van der Waals surface area contributed by atoms with Crippen molar-refractivity contribution in [2.45, 2.75) is 13.5 Å². The summed E-state index contributed by atoms with van der Waals surface area (Å²) in [5, 5.41) is 14.1. The highest BCUT2D eigenvalue weighted by Gasteiger charge is 2.16. The van der Waals surface area contributed by atoms with E-state index >= 15 is 0 Å². The van der Waals surface area contributed by atoms with Gasteiger partial charge in [-0.15, -0.1) is 11.3 Å². The minimum absolute atomic E-state index is 0.516. The fraction of sp³-hybridized carbons (Fsp3) is 0.182. The average Bonchev–Trinajstić information content (AvgIpc) is 3.08. The highest BCUT2D eigenvalue weighted by Crippen LogP contribution is 2.37. The molecule has 98 valence electrons. The monoisotopic (exact) mass is 292 g/mol. The third-order valence-electron chi connectivity index (χ3n) is 2.59. The number of rotatable bonds is 4.